The van der Waals surface area contributed by atoms with Crippen LogP contribution < -0.4 is 10.1 Å². The summed E-state index contributed by atoms with van der Waals surface area (Å²) < 4.78 is 7.25. The molecule has 1 fully saturated rings. The van der Waals surface area contributed by atoms with Gasteiger partial charge in [-0.2, -0.15) is 0 Å². The Morgan fingerprint density at radius 1 is 1.16 bits per heavy atom. The van der Waals surface area contributed by atoms with Gasteiger partial charge in [-0.15, -0.1) is 0 Å². The third-order valence-electron chi connectivity index (χ3n) is 5.67. The minimum absolute atomic E-state index is 0.0371. The Labute approximate surface area is 181 Å². The van der Waals surface area contributed by atoms with Gasteiger partial charge in [-0.05, 0) is 23.6 Å². The van der Waals surface area contributed by atoms with Crippen molar-refractivity contribution in [3.8, 4) is 16.9 Å². The maximum atomic E-state index is 13.0. The van der Waals surface area contributed by atoms with E-state index >= 15 is 0 Å². The number of amides is 2. The Morgan fingerprint density at radius 3 is 2.65 bits per heavy atom. The van der Waals surface area contributed by atoms with Gasteiger partial charge in [0.1, 0.15) is 5.75 Å². The molecule has 1 unspecified atom stereocenters. The van der Waals surface area contributed by atoms with E-state index in [0.29, 0.717) is 31.9 Å². The molecule has 1 saturated heterocycles. The molecule has 1 atom stereocenters. The first kappa shape index (κ1) is 20.7. The molecular weight excluding hydrogens is 392 g/mol. The number of hydrogen-bond donors (Lipinski definition) is 1. The molecule has 4 rings (SSSR count). The lowest BCUT2D eigenvalue weighted by molar-refractivity contribution is -0.124. The summed E-state index contributed by atoms with van der Waals surface area (Å²) in [4.78, 5) is 31.7. The van der Waals surface area contributed by atoms with Crippen molar-refractivity contribution in [3.63, 3.8) is 0 Å². The summed E-state index contributed by atoms with van der Waals surface area (Å²) in [5.74, 6) is 0.605. The van der Waals surface area contributed by atoms with Crippen LogP contribution in [0.25, 0.3) is 11.1 Å². The van der Waals surface area contributed by atoms with E-state index in [1.54, 1.807) is 36.0 Å². The van der Waals surface area contributed by atoms with E-state index in [9.17, 15) is 9.59 Å². The van der Waals surface area contributed by atoms with Gasteiger partial charge in [0.25, 0.3) is 5.91 Å². The van der Waals surface area contributed by atoms with Crippen LogP contribution in [0.1, 0.15) is 16.2 Å². The van der Waals surface area contributed by atoms with E-state index in [1.807, 2.05) is 48.5 Å². The zero-order valence-corrected chi connectivity index (χ0v) is 17.7. The number of methoxy groups -OCH3 is 1. The molecule has 7 heteroatoms. The van der Waals surface area contributed by atoms with Crippen LogP contribution in [0.3, 0.4) is 0 Å². The number of aromatic nitrogens is 2. The van der Waals surface area contributed by atoms with Gasteiger partial charge in [0, 0.05) is 44.6 Å². The highest BCUT2D eigenvalue weighted by Gasteiger charge is 2.30. The fraction of sp³-hybridized carbons (Fsp3) is 0.292. The van der Waals surface area contributed by atoms with E-state index in [2.05, 4.69) is 10.3 Å². The van der Waals surface area contributed by atoms with Crippen LogP contribution in [0.2, 0.25) is 0 Å². The average Bonchev–Trinajstić information content (AvgIpc) is 3.14. The van der Waals surface area contributed by atoms with Gasteiger partial charge in [0.15, 0.2) is 5.82 Å². The standard InChI is InChI=1S/C24H26N4O3/c1-27-13-11-25-22(27)24(30)28-14-12-26-23(29)18(16-28)15-17-7-3-4-8-19(17)20-9-5-6-10-21(20)31-2/h3-11,13,18H,12,14-16H2,1-2H3,(H,26,29). The predicted molar refractivity (Wildman–Crippen MR) is 118 cm³/mol. The lowest BCUT2D eigenvalue weighted by atomic mass is 9.91. The number of rotatable bonds is 5. The Bertz CT molecular complexity index is 1090. The Balaban J connectivity index is 1.62. The van der Waals surface area contributed by atoms with E-state index in [4.69, 9.17) is 4.74 Å². The van der Waals surface area contributed by atoms with Crippen molar-refractivity contribution in [2.24, 2.45) is 13.0 Å². The molecule has 7 nitrogen and oxygen atoms in total. The van der Waals surface area contributed by atoms with E-state index < -0.39 is 0 Å². The van der Waals surface area contributed by atoms with E-state index in [0.717, 1.165) is 22.4 Å². The molecular formula is C24H26N4O3. The zero-order chi connectivity index (χ0) is 21.8. The summed E-state index contributed by atoms with van der Waals surface area (Å²) in [7, 11) is 3.45. The molecule has 160 valence electrons. The second kappa shape index (κ2) is 9.04. The fourth-order valence-corrected chi connectivity index (χ4v) is 4.05. The maximum absolute atomic E-state index is 13.0. The van der Waals surface area contributed by atoms with Crippen LogP contribution >= 0.6 is 0 Å². The second-order valence-electron chi connectivity index (χ2n) is 7.66. The summed E-state index contributed by atoms with van der Waals surface area (Å²) in [6.45, 7) is 1.24. The lowest BCUT2D eigenvalue weighted by Gasteiger charge is -2.23. The number of nitrogens with one attached hydrogen (secondary N) is 1. The molecule has 1 aliphatic heterocycles. The van der Waals surface area contributed by atoms with Crippen molar-refractivity contribution in [3.05, 3.63) is 72.3 Å². The SMILES string of the molecule is COc1ccccc1-c1ccccc1CC1CN(C(=O)c2nccn2C)CCNC1=O. The number of aryl methyl sites for hydroxylation is 1. The largest absolute Gasteiger partial charge is 0.496 e. The quantitative estimate of drug-likeness (QED) is 0.691. The molecule has 3 aromatic rings. The topological polar surface area (TPSA) is 76.5 Å². The molecule has 1 aromatic heterocycles. The van der Waals surface area contributed by atoms with Crippen LogP contribution in [0.15, 0.2) is 60.9 Å². The molecule has 2 heterocycles. The summed E-state index contributed by atoms with van der Waals surface area (Å²) in [5.41, 5.74) is 3.05. The number of carbonyl (C=O) groups is 2. The van der Waals surface area contributed by atoms with Gasteiger partial charge in [-0.1, -0.05) is 42.5 Å². The molecule has 0 radical (unpaired) electrons. The zero-order valence-electron chi connectivity index (χ0n) is 17.7. The summed E-state index contributed by atoms with van der Waals surface area (Å²) in [5, 5.41) is 2.96. The Morgan fingerprint density at radius 2 is 1.90 bits per heavy atom. The molecule has 1 N–H and O–H groups in total. The van der Waals surface area contributed by atoms with Crippen molar-refractivity contribution < 1.29 is 14.3 Å². The van der Waals surface area contributed by atoms with Crippen molar-refractivity contribution in [2.45, 2.75) is 6.42 Å². The molecule has 0 spiro atoms. The van der Waals surface area contributed by atoms with E-state index in [1.165, 1.54) is 0 Å². The van der Waals surface area contributed by atoms with E-state index in [-0.39, 0.29) is 17.7 Å². The van der Waals surface area contributed by atoms with Gasteiger partial charge in [0.2, 0.25) is 5.91 Å². The van der Waals surface area contributed by atoms with Crippen molar-refractivity contribution in [2.75, 3.05) is 26.7 Å². The maximum Gasteiger partial charge on any atom is 0.289 e. The number of nitrogens with zero attached hydrogens (tertiary/aromatic N) is 3. The first-order valence-electron chi connectivity index (χ1n) is 10.3. The Hall–Kier alpha value is -3.61. The third kappa shape index (κ3) is 4.30. The fourth-order valence-electron chi connectivity index (χ4n) is 4.05. The normalized spacial score (nSPS) is 16.5. The Kier molecular flexibility index (Phi) is 6.02. The first-order chi connectivity index (χ1) is 15.1. The number of hydrogen-bond acceptors (Lipinski definition) is 4. The van der Waals surface area contributed by atoms with Gasteiger partial charge < -0.3 is 19.5 Å². The smallest absolute Gasteiger partial charge is 0.289 e. The van der Waals surface area contributed by atoms with Gasteiger partial charge in [0.05, 0.1) is 13.0 Å². The highest BCUT2D eigenvalue weighted by atomic mass is 16.5. The minimum Gasteiger partial charge on any atom is -0.496 e. The molecule has 0 bridgehead atoms. The summed E-state index contributed by atoms with van der Waals surface area (Å²) in [6, 6.07) is 15.9. The number of ether oxygens (including phenoxy) is 1. The molecule has 31 heavy (non-hydrogen) atoms. The van der Waals surface area contributed by atoms with Crippen LogP contribution in [-0.2, 0) is 18.3 Å². The van der Waals surface area contributed by atoms with Gasteiger partial charge in [-0.25, -0.2) is 4.98 Å². The number of para-hydroxylation sites is 1. The van der Waals surface area contributed by atoms with Crippen LogP contribution in [0, 0.1) is 5.92 Å². The average molecular weight is 418 g/mol. The van der Waals surface area contributed by atoms with Crippen LogP contribution in [0.5, 0.6) is 5.75 Å². The number of benzene rings is 2. The minimum atomic E-state index is -0.359. The van der Waals surface area contributed by atoms with Crippen molar-refractivity contribution in [1.82, 2.24) is 19.8 Å². The van der Waals surface area contributed by atoms with Crippen LogP contribution in [0.4, 0.5) is 0 Å². The predicted octanol–water partition coefficient (Wildman–Crippen LogP) is 2.53. The van der Waals surface area contributed by atoms with Crippen LogP contribution in [-0.4, -0.2) is 53.0 Å². The van der Waals surface area contributed by atoms with Crippen molar-refractivity contribution >= 4 is 11.8 Å². The second-order valence-corrected chi connectivity index (χ2v) is 7.66. The number of imidazole rings is 1. The highest BCUT2D eigenvalue weighted by molar-refractivity contribution is 5.91. The molecule has 2 aromatic carbocycles. The summed E-state index contributed by atoms with van der Waals surface area (Å²) >= 11 is 0. The lowest BCUT2D eigenvalue weighted by Crippen LogP contribution is -2.38. The van der Waals surface area contributed by atoms with Gasteiger partial charge >= 0.3 is 0 Å². The summed E-state index contributed by atoms with van der Waals surface area (Å²) in [6.07, 6.45) is 3.87. The van der Waals surface area contributed by atoms with Gasteiger partial charge in [-0.3, -0.25) is 9.59 Å². The molecule has 1 aliphatic rings. The third-order valence-corrected chi connectivity index (χ3v) is 5.67. The molecule has 0 saturated carbocycles. The molecule has 2 amide bonds. The molecule has 0 aliphatic carbocycles. The first-order valence-corrected chi connectivity index (χ1v) is 10.3. The monoisotopic (exact) mass is 418 g/mol. The number of carbonyl (C=O) groups excluding carboxylic acids is 2. The van der Waals surface area contributed by atoms with Crippen molar-refractivity contribution in [1.29, 1.82) is 0 Å². The highest BCUT2D eigenvalue weighted by Crippen LogP contribution is 2.33.